The Morgan fingerprint density at radius 3 is 2.56 bits per heavy atom. The number of unbranched alkanes of at least 4 members (excludes halogenated alkanes) is 2. The Balaban J connectivity index is 2.32. The van der Waals surface area contributed by atoms with E-state index in [1.165, 1.54) is 0 Å². The van der Waals surface area contributed by atoms with Crippen LogP contribution in [-0.2, 0) is 6.18 Å². The predicted octanol–water partition coefficient (Wildman–Crippen LogP) is 5.59. The zero-order valence-corrected chi connectivity index (χ0v) is 15.6. The largest absolute Gasteiger partial charge is 0.477 e. The van der Waals surface area contributed by atoms with Gasteiger partial charge >= 0.3 is 6.18 Å². The summed E-state index contributed by atoms with van der Waals surface area (Å²) in [4.78, 5) is 9.47. The fourth-order valence-corrected chi connectivity index (χ4v) is 2.73. The zero-order valence-electron chi connectivity index (χ0n) is 14.0. The first-order chi connectivity index (χ1) is 11.8. The third-order valence-corrected chi connectivity index (χ3v) is 4.22. The maximum atomic E-state index is 13.2. The Bertz CT molecular complexity index is 710. The second-order valence-electron chi connectivity index (χ2n) is 5.45. The molecule has 0 atom stereocenters. The van der Waals surface area contributed by atoms with E-state index in [2.05, 4.69) is 25.9 Å². The lowest BCUT2D eigenvalue weighted by molar-refractivity contribution is -0.139. The van der Waals surface area contributed by atoms with Gasteiger partial charge in [0.25, 0.3) is 0 Å². The molecule has 1 aromatic heterocycles. The van der Waals surface area contributed by atoms with Crippen molar-refractivity contribution < 1.29 is 17.9 Å². The standard InChI is InChI=1S/C17H19BrF3N3O/c1-3-4-7-10-25-15-12(17(19,20)21)11-22-16(23-15)24(2)14-9-6-5-8-13(14)18/h5-6,8-9,11H,3-4,7,10H2,1-2H3. The van der Waals surface area contributed by atoms with Crippen molar-refractivity contribution in [1.29, 1.82) is 0 Å². The van der Waals surface area contributed by atoms with Crippen molar-refractivity contribution in [1.82, 2.24) is 9.97 Å². The van der Waals surface area contributed by atoms with Crippen LogP contribution in [0.25, 0.3) is 0 Å². The van der Waals surface area contributed by atoms with Gasteiger partial charge < -0.3 is 9.64 Å². The minimum Gasteiger partial charge on any atom is -0.477 e. The lowest BCUT2D eigenvalue weighted by Gasteiger charge is -2.20. The number of hydrogen-bond donors (Lipinski definition) is 0. The van der Waals surface area contributed by atoms with Gasteiger partial charge in [-0.05, 0) is 34.5 Å². The molecule has 0 saturated carbocycles. The van der Waals surface area contributed by atoms with Crippen molar-refractivity contribution in [2.75, 3.05) is 18.6 Å². The number of hydrogen-bond acceptors (Lipinski definition) is 4. The molecular formula is C17H19BrF3N3O. The topological polar surface area (TPSA) is 38.2 Å². The van der Waals surface area contributed by atoms with Crippen molar-refractivity contribution in [3.8, 4) is 5.88 Å². The third kappa shape index (κ3) is 5.07. The molecule has 2 rings (SSSR count). The van der Waals surface area contributed by atoms with Crippen molar-refractivity contribution >= 4 is 27.6 Å². The van der Waals surface area contributed by atoms with Gasteiger partial charge in [-0.3, -0.25) is 0 Å². The molecule has 0 aliphatic heterocycles. The second kappa shape index (κ2) is 8.51. The summed E-state index contributed by atoms with van der Waals surface area (Å²) in [6.07, 6.45) is -1.28. The number of anilines is 2. The Kier molecular flexibility index (Phi) is 6.64. The Hall–Kier alpha value is -1.83. The van der Waals surface area contributed by atoms with E-state index < -0.39 is 17.6 Å². The van der Waals surface area contributed by atoms with Crippen LogP contribution in [0.4, 0.5) is 24.8 Å². The fourth-order valence-electron chi connectivity index (χ4n) is 2.18. The first kappa shape index (κ1) is 19.5. The number of rotatable bonds is 7. The molecule has 25 heavy (non-hydrogen) atoms. The molecule has 2 aromatic rings. The molecule has 0 fully saturated rings. The highest BCUT2D eigenvalue weighted by Gasteiger charge is 2.36. The van der Waals surface area contributed by atoms with E-state index in [-0.39, 0.29) is 12.6 Å². The van der Waals surface area contributed by atoms with Gasteiger partial charge in [0.05, 0.1) is 12.3 Å². The summed E-state index contributed by atoms with van der Waals surface area (Å²) in [5.74, 6) is -0.308. The average Bonchev–Trinajstić information content (AvgIpc) is 2.57. The van der Waals surface area contributed by atoms with Crippen molar-refractivity contribution in [3.05, 3.63) is 40.5 Å². The summed E-state index contributed by atoms with van der Waals surface area (Å²) in [5.41, 5.74) is -0.229. The Morgan fingerprint density at radius 2 is 1.92 bits per heavy atom. The highest BCUT2D eigenvalue weighted by molar-refractivity contribution is 9.10. The molecule has 4 nitrogen and oxygen atoms in total. The quantitative estimate of drug-likeness (QED) is 0.549. The minimum atomic E-state index is -4.56. The summed E-state index contributed by atoms with van der Waals surface area (Å²) in [6.45, 7) is 2.20. The molecule has 1 aromatic carbocycles. The Morgan fingerprint density at radius 1 is 1.20 bits per heavy atom. The third-order valence-electron chi connectivity index (χ3n) is 3.55. The predicted molar refractivity (Wildman–Crippen MR) is 94.3 cm³/mol. The molecule has 0 aliphatic rings. The van der Waals surface area contributed by atoms with Crippen molar-refractivity contribution in [3.63, 3.8) is 0 Å². The van der Waals surface area contributed by atoms with Gasteiger partial charge in [0.1, 0.15) is 5.56 Å². The molecule has 0 radical (unpaired) electrons. The zero-order chi connectivity index (χ0) is 18.4. The van der Waals surface area contributed by atoms with Crippen LogP contribution in [0.15, 0.2) is 34.9 Å². The van der Waals surface area contributed by atoms with Crippen LogP contribution >= 0.6 is 15.9 Å². The highest BCUT2D eigenvalue weighted by atomic mass is 79.9. The highest BCUT2D eigenvalue weighted by Crippen LogP contribution is 2.36. The fraction of sp³-hybridized carbons (Fsp3) is 0.412. The minimum absolute atomic E-state index is 0.130. The Labute approximate surface area is 153 Å². The molecule has 0 N–H and O–H groups in total. The molecular weight excluding hydrogens is 399 g/mol. The summed E-state index contributed by atoms with van der Waals surface area (Å²) in [7, 11) is 1.68. The molecule has 0 unspecified atom stereocenters. The lowest BCUT2D eigenvalue weighted by Crippen LogP contribution is -2.17. The van der Waals surface area contributed by atoms with Gasteiger partial charge in [-0.15, -0.1) is 0 Å². The number of benzene rings is 1. The average molecular weight is 418 g/mol. The molecule has 0 bridgehead atoms. The molecule has 1 heterocycles. The van der Waals surface area contributed by atoms with Gasteiger partial charge in [-0.1, -0.05) is 31.9 Å². The van der Waals surface area contributed by atoms with E-state index in [1.807, 2.05) is 31.2 Å². The van der Waals surface area contributed by atoms with Gasteiger partial charge in [-0.2, -0.15) is 18.2 Å². The van der Waals surface area contributed by atoms with Gasteiger partial charge in [-0.25, -0.2) is 4.98 Å². The van der Waals surface area contributed by atoms with Crippen LogP contribution in [0.5, 0.6) is 5.88 Å². The van der Waals surface area contributed by atoms with Crippen LogP contribution in [-0.4, -0.2) is 23.6 Å². The first-order valence-corrected chi connectivity index (χ1v) is 8.69. The summed E-state index contributed by atoms with van der Waals surface area (Å²) >= 11 is 3.41. The number of aromatic nitrogens is 2. The SMILES string of the molecule is CCCCCOc1nc(N(C)c2ccccc2Br)ncc1C(F)(F)F. The monoisotopic (exact) mass is 417 g/mol. The van der Waals surface area contributed by atoms with E-state index in [0.717, 1.165) is 29.2 Å². The van der Waals surface area contributed by atoms with Gasteiger partial charge in [0.2, 0.25) is 11.8 Å². The van der Waals surface area contributed by atoms with E-state index in [4.69, 9.17) is 4.74 Å². The smallest absolute Gasteiger partial charge is 0.423 e. The number of halogens is 4. The van der Waals surface area contributed by atoms with E-state index >= 15 is 0 Å². The molecule has 8 heteroatoms. The van der Waals surface area contributed by atoms with Crippen LogP contribution in [0.1, 0.15) is 31.7 Å². The maximum Gasteiger partial charge on any atom is 0.423 e. The molecule has 0 saturated heterocycles. The van der Waals surface area contributed by atoms with E-state index in [1.54, 1.807) is 11.9 Å². The number of nitrogens with zero attached hydrogens (tertiary/aromatic N) is 3. The summed E-state index contributed by atoms with van der Waals surface area (Å²) in [6, 6.07) is 7.31. The number of alkyl halides is 3. The second-order valence-corrected chi connectivity index (χ2v) is 6.31. The summed E-state index contributed by atoms with van der Waals surface area (Å²) in [5, 5.41) is 0. The van der Waals surface area contributed by atoms with E-state index in [0.29, 0.717) is 6.42 Å². The number of para-hydroxylation sites is 1. The normalized spacial score (nSPS) is 11.4. The summed E-state index contributed by atoms with van der Waals surface area (Å²) < 4.78 is 45.6. The molecule has 0 aliphatic carbocycles. The number of ether oxygens (including phenoxy) is 1. The molecule has 0 amide bonds. The molecule has 136 valence electrons. The van der Waals surface area contributed by atoms with Crippen molar-refractivity contribution in [2.45, 2.75) is 32.4 Å². The van der Waals surface area contributed by atoms with E-state index in [9.17, 15) is 13.2 Å². The van der Waals surface area contributed by atoms with Gasteiger partial charge in [0.15, 0.2) is 0 Å². The van der Waals surface area contributed by atoms with Crippen molar-refractivity contribution in [2.24, 2.45) is 0 Å². The lowest BCUT2D eigenvalue weighted by atomic mass is 10.2. The van der Waals surface area contributed by atoms with Crippen LogP contribution in [0.2, 0.25) is 0 Å². The maximum absolute atomic E-state index is 13.2. The van der Waals surface area contributed by atoms with Gasteiger partial charge in [0, 0.05) is 17.7 Å². The van der Waals surface area contributed by atoms with Crippen LogP contribution in [0.3, 0.4) is 0 Å². The van der Waals surface area contributed by atoms with Crippen LogP contribution in [0, 0.1) is 0 Å². The molecule has 0 spiro atoms. The van der Waals surface area contributed by atoms with Crippen LogP contribution < -0.4 is 9.64 Å². The first-order valence-electron chi connectivity index (χ1n) is 7.90.